The normalized spacial score (nSPS) is 10.2. The predicted molar refractivity (Wildman–Crippen MR) is 65.9 cm³/mol. The first-order chi connectivity index (χ1) is 8.29. The molecule has 0 saturated carbocycles. The Labute approximate surface area is 101 Å². The molecule has 0 amide bonds. The summed E-state index contributed by atoms with van der Waals surface area (Å²) in [5.41, 5.74) is 1.95. The van der Waals surface area contributed by atoms with Crippen LogP contribution in [0.1, 0.15) is 28.7 Å². The quantitative estimate of drug-likeness (QED) is 0.752. The Hall–Kier alpha value is -2.03. The van der Waals surface area contributed by atoms with Crippen LogP contribution in [0.15, 0.2) is 42.7 Å². The highest BCUT2D eigenvalue weighted by atomic mass is 16.1. The minimum Gasteiger partial charge on any atom is -0.294 e. The highest BCUT2D eigenvalue weighted by Crippen LogP contribution is 2.07. The highest BCUT2D eigenvalue weighted by molar-refractivity contribution is 5.97. The Morgan fingerprint density at radius 1 is 1.12 bits per heavy atom. The Morgan fingerprint density at radius 2 is 1.76 bits per heavy atom. The fourth-order valence-electron chi connectivity index (χ4n) is 1.59. The summed E-state index contributed by atoms with van der Waals surface area (Å²) >= 11 is 0. The van der Waals surface area contributed by atoms with E-state index in [1.165, 1.54) is 5.56 Å². The number of carbonyl (C=O) groups is 1. The largest absolute Gasteiger partial charge is 0.294 e. The minimum absolute atomic E-state index is 0.0545. The van der Waals surface area contributed by atoms with Crippen LogP contribution >= 0.6 is 0 Å². The second-order valence-corrected chi connectivity index (χ2v) is 3.82. The summed E-state index contributed by atoms with van der Waals surface area (Å²) in [7, 11) is 0. The lowest BCUT2D eigenvalue weighted by atomic mass is 10.0. The van der Waals surface area contributed by atoms with Gasteiger partial charge in [-0.3, -0.25) is 4.79 Å². The van der Waals surface area contributed by atoms with Crippen LogP contribution in [-0.4, -0.2) is 15.8 Å². The highest BCUT2D eigenvalue weighted by Gasteiger charge is 2.08. The summed E-state index contributed by atoms with van der Waals surface area (Å²) in [6.45, 7) is 2.09. The van der Waals surface area contributed by atoms with E-state index in [1.54, 1.807) is 18.5 Å². The second-order valence-electron chi connectivity index (χ2n) is 3.82. The number of ketones is 1. The smallest absolute Gasteiger partial charge is 0.170 e. The Kier molecular flexibility index (Phi) is 3.60. The van der Waals surface area contributed by atoms with E-state index in [0.717, 1.165) is 12.0 Å². The molecule has 1 aromatic carbocycles. The van der Waals surface area contributed by atoms with E-state index in [0.29, 0.717) is 5.82 Å². The van der Waals surface area contributed by atoms with E-state index in [4.69, 9.17) is 0 Å². The predicted octanol–water partition coefficient (Wildman–Crippen LogP) is 2.46. The molecule has 0 spiro atoms. The maximum Gasteiger partial charge on any atom is 0.170 e. The SMILES string of the molecule is CCc1ccc(C(=O)Cc2ncccn2)cc1. The molecule has 0 unspecified atom stereocenters. The second kappa shape index (κ2) is 5.34. The van der Waals surface area contributed by atoms with Crippen molar-refractivity contribution in [1.29, 1.82) is 0 Å². The van der Waals surface area contributed by atoms with Crippen LogP contribution in [0.25, 0.3) is 0 Å². The van der Waals surface area contributed by atoms with E-state index >= 15 is 0 Å². The van der Waals surface area contributed by atoms with Crippen LogP contribution < -0.4 is 0 Å². The zero-order valence-corrected chi connectivity index (χ0v) is 9.76. The molecule has 3 heteroatoms. The summed E-state index contributed by atoms with van der Waals surface area (Å²) in [5.74, 6) is 0.621. The van der Waals surface area contributed by atoms with Crippen molar-refractivity contribution in [3.05, 3.63) is 59.7 Å². The minimum atomic E-state index is 0.0545. The van der Waals surface area contributed by atoms with Crippen LogP contribution in [-0.2, 0) is 12.8 Å². The summed E-state index contributed by atoms with van der Waals surface area (Å²) in [4.78, 5) is 20.0. The number of rotatable bonds is 4. The molecule has 0 aliphatic heterocycles. The lowest BCUT2D eigenvalue weighted by Gasteiger charge is -2.01. The van der Waals surface area contributed by atoms with Crippen molar-refractivity contribution in [3.8, 4) is 0 Å². The van der Waals surface area contributed by atoms with E-state index in [1.807, 2.05) is 24.3 Å². The topological polar surface area (TPSA) is 42.9 Å². The Balaban J connectivity index is 2.09. The summed E-state index contributed by atoms with van der Waals surface area (Å²) < 4.78 is 0. The van der Waals surface area contributed by atoms with Gasteiger partial charge in [0.15, 0.2) is 5.78 Å². The fourth-order valence-corrected chi connectivity index (χ4v) is 1.59. The molecule has 0 aliphatic rings. The van der Waals surface area contributed by atoms with Crippen LogP contribution in [0.3, 0.4) is 0 Å². The van der Waals surface area contributed by atoms with Gasteiger partial charge in [0.25, 0.3) is 0 Å². The summed E-state index contributed by atoms with van der Waals surface area (Å²) in [6.07, 6.45) is 4.54. The molecular weight excluding hydrogens is 212 g/mol. The Bertz CT molecular complexity index is 491. The lowest BCUT2D eigenvalue weighted by molar-refractivity contribution is 0.0991. The van der Waals surface area contributed by atoms with Gasteiger partial charge in [-0.2, -0.15) is 0 Å². The van der Waals surface area contributed by atoms with Crippen LogP contribution in [0.5, 0.6) is 0 Å². The molecule has 1 aromatic heterocycles. The molecule has 17 heavy (non-hydrogen) atoms. The number of Topliss-reactive ketones (excluding diaryl/α,β-unsaturated/α-hetero) is 1. The van der Waals surface area contributed by atoms with Crippen LogP contribution in [0.4, 0.5) is 0 Å². The molecule has 0 saturated heterocycles. The molecule has 0 aliphatic carbocycles. The van der Waals surface area contributed by atoms with Gasteiger partial charge in [-0.05, 0) is 18.1 Å². The molecule has 0 N–H and O–H groups in total. The fraction of sp³-hybridized carbons (Fsp3) is 0.214. The van der Waals surface area contributed by atoms with Gasteiger partial charge in [-0.25, -0.2) is 9.97 Å². The molecule has 3 nitrogen and oxygen atoms in total. The third-order valence-electron chi connectivity index (χ3n) is 2.62. The average molecular weight is 226 g/mol. The van der Waals surface area contributed by atoms with Crippen molar-refractivity contribution in [1.82, 2.24) is 9.97 Å². The van der Waals surface area contributed by atoms with Crippen molar-refractivity contribution in [3.63, 3.8) is 0 Å². The van der Waals surface area contributed by atoms with Gasteiger partial charge in [0.05, 0.1) is 6.42 Å². The van der Waals surface area contributed by atoms with Gasteiger partial charge >= 0.3 is 0 Å². The van der Waals surface area contributed by atoms with E-state index in [2.05, 4.69) is 16.9 Å². The molecule has 0 fully saturated rings. The molecule has 86 valence electrons. The number of hydrogen-bond donors (Lipinski definition) is 0. The zero-order valence-electron chi connectivity index (χ0n) is 9.76. The maximum absolute atomic E-state index is 11.9. The van der Waals surface area contributed by atoms with Crippen molar-refractivity contribution in [2.45, 2.75) is 19.8 Å². The monoisotopic (exact) mass is 226 g/mol. The lowest BCUT2D eigenvalue weighted by Crippen LogP contribution is -2.06. The number of benzene rings is 1. The molecular formula is C14H14N2O. The number of hydrogen-bond acceptors (Lipinski definition) is 3. The number of carbonyl (C=O) groups excluding carboxylic acids is 1. The van der Waals surface area contributed by atoms with E-state index in [9.17, 15) is 4.79 Å². The van der Waals surface area contributed by atoms with Crippen molar-refractivity contribution >= 4 is 5.78 Å². The molecule has 2 rings (SSSR count). The molecule has 0 bridgehead atoms. The number of aromatic nitrogens is 2. The number of nitrogens with zero attached hydrogens (tertiary/aromatic N) is 2. The average Bonchev–Trinajstić information content (AvgIpc) is 2.40. The maximum atomic E-state index is 11.9. The third kappa shape index (κ3) is 2.97. The molecule has 0 radical (unpaired) electrons. The Morgan fingerprint density at radius 3 is 2.35 bits per heavy atom. The molecule has 2 aromatic rings. The standard InChI is InChI=1S/C14H14N2O/c1-2-11-4-6-12(7-5-11)13(17)10-14-15-8-3-9-16-14/h3-9H,2,10H2,1H3. The van der Waals surface area contributed by atoms with Crippen molar-refractivity contribution in [2.24, 2.45) is 0 Å². The van der Waals surface area contributed by atoms with Crippen molar-refractivity contribution < 1.29 is 4.79 Å². The van der Waals surface area contributed by atoms with Gasteiger partial charge in [0.2, 0.25) is 0 Å². The third-order valence-corrected chi connectivity index (χ3v) is 2.62. The van der Waals surface area contributed by atoms with E-state index in [-0.39, 0.29) is 12.2 Å². The van der Waals surface area contributed by atoms with Gasteiger partial charge in [-0.15, -0.1) is 0 Å². The molecule has 1 heterocycles. The van der Waals surface area contributed by atoms with Gasteiger partial charge in [0.1, 0.15) is 5.82 Å². The van der Waals surface area contributed by atoms with E-state index < -0.39 is 0 Å². The first-order valence-electron chi connectivity index (χ1n) is 5.67. The zero-order chi connectivity index (χ0) is 12.1. The van der Waals surface area contributed by atoms with Gasteiger partial charge in [0, 0.05) is 18.0 Å². The first-order valence-corrected chi connectivity index (χ1v) is 5.67. The summed E-state index contributed by atoms with van der Waals surface area (Å²) in [6, 6.07) is 9.44. The number of aryl methyl sites for hydroxylation is 1. The first kappa shape index (κ1) is 11.5. The van der Waals surface area contributed by atoms with Crippen LogP contribution in [0, 0.1) is 0 Å². The van der Waals surface area contributed by atoms with Gasteiger partial charge < -0.3 is 0 Å². The molecule has 0 atom stereocenters. The summed E-state index contributed by atoms with van der Waals surface area (Å²) in [5, 5.41) is 0. The van der Waals surface area contributed by atoms with Crippen molar-refractivity contribution in [2.75, 3.05) is 0 Å². The van der Waals surface area contributed by atoms with Gasteiger partial charge in [-0.1, -0.05) is 31.2 Å². The van der Waals surface area contributed by atoms with Crippen LogP contribution in [0.2, 0.25) is 0 Å².